The minimum atomic E-state index is -4.11. The highest BCUT2D eigenvalue weighted by atomic mass is 19.4. The first-order chi connectivity index (χ1) is 6.55. The molecule has 14 heavy (non-hydrogen) atoms. The molecule has 0 radical (unpaired) electrons. The maximum absolute atomic E-state index is 12.5. The van der Waals surface area contributed by atoms with Crippen LogP contribution in [0, 0.1) is 0 Å². The Kier molecular flexibility index (Phi) is 3.98. The predicted octanol–water partition coefficient (Wildman–Crippen LogP) is 3.03. The molecule has 1 nitrogen and oxygen atoms in total. The summed E-state index contributed by atoms with van der Waals surface area (Å²) >= 11 is 0. The lowest BCUT2D eigenvalue weighted by atomic mass is 9.89. The summed E-state index contributed by atoms with van der Waals surface area (Å²) in [6.45, 7) is 0.634. The van der Waals surface area contributed by atoms with Crippen LogP contribution >= 0.6 is 0 Å². The van der Waals surface area contributed by atoms with Gasteiger partial charge in [-0.05, 0) is 45.7 Å². The van der Waals surface area contributed by atoms with Crippen LogP contribution in [-0.2, 0) is 0 Å². The normalized spacial score (nSPS) is 18.9. The smallest absolute Gasteiger partial charge is 0.319 e. The summed E-state index contributed by atoms with van der Waals surface area (Å²) < 4.78 is 37.6. The van der Waals surface area contributed by atoms with Gasteiger partial charge in [0.2, 0.25) is 0 Å². The average Bonchev–Trinajstić information content (AvgIpc) is 2.14. The van der Waals surface area contributed by atoms with Gasteiger partial charge in [0.05, 0.1) is 0 Å². The van der Waals surface area contributed by atoms with Crippen LogP contribution in [0.3, 0.4) is 0 Å². The van der Waals surface area contributed by atoms with E-state index in [0.29, 0.717) is 31.4 Å². The van der Waals surface area contributed by atoms with Gasteiger partial charge in [0.25, 0.3) is 0 Å². The summed E-state index contributed by atoms with van der Waals surface area (Å²) in [5.41, 5.74) is 0.345. The topological polar surface area (TPSA) is 12.0 Å². The Bertz CT molecular complexity index is 218. The van der Waals surface area contributed by atoms with Gasteiger partial charge in [0, 0.05) is 5.57 Å². The van der Waals surface area contributed by atoms with Crippen molar-refractivity contribution in [3.63, 3.8) is 0 Å². The molecule has 0 aromatic rings. The van der Waals surface area contributed by atoms with Gasteiger partial charge in [-0.1, -0.05) is 5.57 Å². The lowest BCUT2D eigenvalue weighted by Gasteiger charge is -2.22. The Morgan fingerprint density at radius 1 is 1.21 bits per heavy atom. The molecule has 0 saturated carbocycles. The van der Waals surface area contributed by atoms with Gasteiger partial charge < -0.3 is 5.32 Å². The number of halogens is 3. The van der Waals surface area contributed by atoms with Crippen LogP contribution in [0.2, 0.25) is 0 Å². The molecule has 0 aromatic heterocycles. The fraction of sp³-hybridized carbons (Fsp3) is 0.800. The maximum Gasteiger partial charge on any atom is 0.412 e. The second kappa shape index (κ2) is 4.82. The molecule has 0 spiro atoms. The summed E-state index contributed by atoms with van der Waals surface area (Å²) in [7, 11) is 1.76. The summed E-state index contributed by atoms with van der Waals surface area (Å²) in [6.07, 6.45) is -1.16. The highest BCUT2D eigenvalue weighted by molar-refractivity contribution is 5.21. The lowest BCUT2D eigenvalue weighted by molar-refractivity contribution is -0.0960. The minimum absolute atomic E-state index is 0.211. The first-order valence-electron chi connectivity index (χ1n) is 4.98. The molecule has 0 bridgehead atoms. The van der Waals surface area contributed by atoms with E-state index in [1.807, 2.05) is 0 Å². The molecule has 0 aliphatic heterocycles. The zero-order valence-corrected chi connectivity index (χ0v) is 8.38. The first kappa shape index (κ1) is 11.6. The van der Waals surface area contributed by atoms with Crippen LogP contribution in [0.4, 0.5) is 13.2 Å². The number of hydrogen-bond donors (Lipinski definition) is 1. The summed E-state index contributed by atoms with van der Waals surface area (Å²) in [4.78, 5) is 0. The van der Waals surface area contributed by atoms with Gasteiger partial charge in [0.15, 0.2) is 0 Å². The zero-order chi connectivity index (χ0) is 10.6. The van der Waals surface area contributed by atoms with Crippen LogP contribution < -0.4 is 5.32 Å². The SMILES string of the molecule is CNCCC1=C(C(F)(F)F)CCCC1. The molecule has 1 rings (SSSR count). The molecule has 1 aliphatic rings. The van der Waals surface area contributed by atoms with Crippen LogP contribution in [0.25, 0.3) is 0 Å². The predicted molar refractivity (Wildman–Crippen MR) is 50.1 cm³/mol. The molecule has 0 unspecified atom stereocenters. The van der Waals surface area contributed by atoms with Gasteiger partial charge in [-0.2, -0.15) is 13.2 Å². The summed E-state index contributed by atoms with van der Waals surface area (Å²) in [5.74, 6) is 0. The van der Waals surface area contributed by atoms with Crippen molar-refractivity contribution in [2.24, 2.45) is 0 Å². The van der Waals surface area contributed by atoms with Crippen molar-refractivity contribution in [3.8, 4) is 0 Å². The van der Waals surface area contributed by atoms with E-state index in [-0.39, 0.29) is 12.0 Å². The molecule has 0 heterocycles. The van der Waals surface area contributed by atoms with E-state index in [2.05, 4.69) is 5.32 Å². The minimum Gasteiger partial charge on any atom is -0.319 e. The number of allylic oxidation sites excluding steroid dienone is 1. The second-order valence-electron chi connectivity index (χ2n) is 3.64. The third-order valence-corrected chi connectivity index (χ3v) is 2.60. The highest BCUT2D eigenvalue weighted by Gasteiger charge is 2.36. The summed E-state index contributed by atoms with van der Waals surface area (Å²) in [5, 5.41) is 2.89. The van der Waals surface area contributed by atoms with E-state index in [0.717, 1.165) is 6.42 Å². The van der Waals surface area contributed by atoms with E-state index in [1.54, 1.807) is 7.05 Å². The Labute approximate surface area is 82.4 Å². The molecular weight excluding hydrogens is 191 g/mol. The maximum atomic E-state index is 12.5. The van der Waals surface area contributed by atoms with Crippen molar-refractivity contribution in [1.29, 1.82) is 0 Å². The van der Waals surface area contributed by atoms with Crippen molar-refractivity contribution in [3.05, 3.63) is 11.1 Å². The Hall–Kier alpha value is -0.510. The van der Waals surface area contributed by atoms with Gasteiger partial charge >= 0.3 is 6.18 Å². The molecule has 1 aliphatic carbocycles. The van der Waals surface area contributed by atoms with Crippen molar-refractivity contribution in [1.82, 2.24) is 5.32 Å². The molecular formula is C10H16F3N. The second-order valence-corrected chi connectivity index (χ2v) is 3.64. The molecule has 0 aromatic carbocycles. The Morgan fingerprint density at radius 3 is 2.43 bits per heavy atom. The Balaban J connectivity index is 2.75. The fourth-order valence-corrected chi connectivity index (χ4v) is 1.86. The van der Waals surface area contributed by atoms with Crippen molar-refractivity contribution < 1.29 is 13.2 Å². The van der Waals surface area contributed by atoms with E-state index < -0.39 is 6.18 Å². The number of hydrogen-bond acceptors (Lipinski definition) is 1. The molecule has 82 valence electrons. The zero-order valence-electron chi connectivity index (χ0n) is 8.38. The molecule has 4 heteroatoms. The van der Waals surface area contributed by atoms with Gasteiger partial charge in [-0.15, -0.1) is 0 Å². The number of alkyl halides is 3. The van der Waals surface area contributed by atoms with Crippen LogP contribution in [0.5, 0.6) is 0 Å². The van der Waals surface area contributed by atoms with Gasteiger partial charge in [-0.3, -0.25) is 0 Å². The molecule has 1 N–H and O–H groups in total. The summed E-state index contributed by atoms with van der Waals surface area (Å²) in [6, 6.07) is 0. The van der Waals surface area contributed by atoms with E-state index in [4.69, 9.17) is 0 Å². The molecule has 0 atom stereocenters. The van der Waals surface area contributed by atoms with Crippen LogP contribution in [0.15, 0.2) is 11.1 Å². The van der Waals surface area contributed by atoms with Gasteiger partial charge in [-0.25, -0.2) is 0 Å². The highest BCUT2D eigenvalue weighted by Crippen LogP contribution is 2.37. The molecule has 0 amide bonds. The van der Waals surface area contributed by atoms with Gasteiger partial charge in [0.1, 0.15) is 0 Å². The fourth-order valence-electron chi connectivity index (χ4n) is 1.86. The average molecular weight is 207 g/mol. The van der Waals surface area contributed by atoms with E-state index >= 15 is 0 Å². The van der Waals surface area contributed by atoms with Crippen molar-refractivity contribution in [2.45, 2.75) is 38.3 Å². The quantitative estimate of drug-likeness (QED) is 0.701. The lowest BCUT2D eigenvalue weighted by Crippen LogP contribution is -2.19. The van der Waals surface area contributed by atoms with Crippen LogP contribution in [-0.4, -0.2) is 19.8 Å². The monoisotopic (exact) mass is 207 g/mol. The third-order valence-electron chi connectivity index (χ3n) is 2.60. The van der Waals surface area contributed by atoms with Crippen LogP contribution in [0.1, 0.15) is 32.1 Å². The number of rotatable bonds is 3. The van der Waals surface area contributed by atoms with Crippen molar-refractivity contribution >= 4 is 0 Å². The molecule has 0 saturated heterocycles. The largest absolute Gasteiger partial charge is 0.412 e. The van der Waals surface area contributed by atoms with E-state index in [1.165, 1.54) is 0 Å². The number of nitrogens with one attached hydrogen (secondary N) is 1. The van der Waals surface area contributed by atoms with E-state index in [9.17, 15) is 13.2 Å². The molecule has 0 fully saturated rings. The Morgan fingerprint density at radius 2 is 1.86 bits per heavy atom. The first-order valence-corrected chi connectivity index (χ1v) is 4.98. The van der Waals surface area contributed by atoms with Crippen molar-refractivity contribution in [2.75, 3.05) is 13.6 Å². The standard InChI is InChI=1S/C10H16F3N/c1-14-7-6-8-4-2-3-5-9(8)10(11,12)13/h14H,2-7H2,1H3. The third kappa shape index (κ3) is 3.01.